The van der Waals surface area contributed by atoms with Crippen LogP contribution in [0, 0.1) is 24.4 Å². The van der Waals surface area contributed by atoms with Gasteiger partial charge in [-0.15, -0.1) is 0 Å². The van der Waals surface area contributed by atoms with E-state index in [1.54, 1.807) is 13.1 Å². The number of morpholine rings is 1. The second-order valence-corrected chi connectivity index (χ2v) is 7.11. The molecule has 0 radical (unpaired) electrons. The van der Waals surface area contributed by atoms with Crippen LogP contribution >= 0.6 is 0 Å². The van der Waals surface area contributed by atoms with Crippen molar-refractivity contribution >= 4 is 17.4 Å². The maximum Gasteiger partial charge on any atom is 0.253 e. The smallest absolute Gasteiger partial charge is 0.253 e. The highest BCUT2D eigenvalue weighted by Crippen LogP contribution is 2.29. The summed E-state index contributed by atoms with van der Waals surface area (Å²) in [6.07, 6.45) is 2.37. The first kappa shape index (κ1) is 22.0. The summed E-state index contributed by atoms with van der Waals surface area (Å²) in [7, 11) is 0. The van der Waals surface area contributed by atoms with Gasteiger partial charge in [-0.2, -0.15) is 0 Å². The highest BCUT2D eigenvalue weighted by molar-refractivity contribution is 6.00. The molecule has 0 bridgehead atoms. The third-order valence-corrected chi connectivity index (χ3v) is 5.01. The Morgan fingerprint density at radius 1 is 1.20 bits per heavy atom. The molecular weight excluding hydrogens is 397 g/mol. The van der Waals surface area contributed by atoms with Gasteiger partial charge < -0.3 is 15.4 Å². The molecule has 0 aliphatic carbocycles. The Labute approximate surface area is 173 Å². The Balaban J connectivity index is 1.80. The fraction of sp³-hybridized carbons (Fsp3) is 0.429. The molecule has 1 aromatic heterocycles. The van der Waals surface area contributed by atoms with Crippen LogP contribution in [0.2, 0.25) is 0 Å². The first-order valence-electron chi connectivity index (χ1n) is 9.89. The predicted molar refractivity (Wildman–Crippen MR) is 108 cm³/mol. The summed E-state index contributed by atoms with van der Waals surface area (Å²) in [5, 5.41) is 5.31. The van der Waals surface area contributed by atoms with Crippen molar-refractivity contribution in [3.8, 4) is 0 Å². The number of carbonyl (C=O) groups excluding carboxylic acids is 1. The Kier molecular flexibility index (Phi) is 7.28. The lowest BCUT2D eigenvalue weighted by molar-refractivity contribution is 0.0383. The summed E-state index contributed by atoms with van der Waals surface area (Å²) in [5.41, 5.74) is 0.897. The van der Waals surface area contributed by atoms with Gasteiger partial charge in [-0.05, 0) is 30.5 Å². The number of amides is 1. The van der Waals surface area contributed by atoms with Crippen LogP contribution in [0.15, 0.2) is 18.3 Å². The number of nitrogens with zero attached hydrogens (tertiary/aromatic N) is 2. The molecule has 1 amide bonds. The maximum atomic E-state index is 14.6. The lowest BCUT2D eigenvalue weighted by Gasteiger charge is -2.26. The molecule has 1 aromatic carbocycles. The number of hydrogen-bond acceptors (Lipinski definition) is 5. The van der Waals surface area contributed by atoms with Crippen molar-refractivity contribution in [3.63, 3.8) is 0 Å². The Bertz CT molecular complexity index is 918. The van der Waals surface area contributed by atoms with E-state index in [0.29, 0.717) is 31.4 Å². The van der Waals surface area contributed by atoms with Crippen molar-refractivity contribution in [3.05, 3.63) is 52.5 Å². The maximum absolute atomic E-state index is 14.6. The van der Waals surface area contributed by atoms with Gasteiger partial charge in [0.25, 0.3) is 5.91 Å². The number of halogens is 3. The third-order valence-electron chi connectivity index (χ3n) is 5.01. The zero-order chi connectivity index (χ0) is 21.7. The van der Waals surface area contributed by atoms with E-state index in [1.807, 2.05) is 13.0 Å². The Morgan fingerprint density at radius 2 is 1.93 bits per heavy atom. The molecule has 6 nitrogen and oxygen atoms in total. The van der Waals surface area contributed by atoms with E-state index in [4.69, 9.17) is 4.74 Å². The van der Waals surface area contributed by atoms with Crippen LogP contribution in [0.5, 0.6) is 0 Å². The molecule has 30 heavy (non-hydrogen) atoms. The monoisotopic (exact) mass is 422 g/mol. The lowest BCUT2D eigenvalue weighted by atomic mass is 10.1. The molecule has 1 fully saturated rings. The Morgan fingerprint density at radius 3 is 2.60 bits per heavy atom. The van der Waals surface area contributed by atoms with Crippen LogP contribution < -0.4 is 10.6 Å². The molecule has 1 saturated heterocycles. The van der Waals surface area contributed by atoms with E-state index >= 15 is 0 Å². The van der Waals surface area contributed by atoms with E-state index in [2.05, 4.69) is 20.5 Å². The van der Waals surface area contributed by atoms with Crippen LogP contribution in [0.1, 0.15) is 28.4 Å². The summed E-state index contributed by atoms with van der Waals surface area (Å²) in [5.74, 6) is -4.98. The highest BCUT2D eigenvalue weighted by atomic mass is 19.2. The van der Waals surface area contributed by atoms with Crippen LogP contribution in [-0.2, 0) is 11.2 Å². The molecule has 0 atom stereocenters. The van der Waals surface area contributed by atoms with Gasteiger partial charge in [0.2, 0.25) is 0 Å². The summed E-state index contributed by atoms with van der Waals surface area (Å²) in [6.45, 7) is 7.33. The van der Waals surface area contributed by atoms with Gasteiger partial charge in [0, 0.05) is 32.4 Å². The minimum Gasteiger partial charge on any atom is -0.379 e. The molecule has 0 saturated carbocycles. The standard InChI is InChI=1S/C21H25F3N4O2/c1-3-14-10-13(2)20(26-12-14)27-19-15(11-16(22)17(23)18(19)24)21(29)25-4-5-28-6-8-30-9-7-28/h10-12H,3-9H2,1-2H3,(H,25,29)(H,26,27). The molecule has 162 valence electrons. The summed E-state index contributed by atoms with van der Waals surface area (Å²) in [6, 6.07) is 2.55. The van der Waals surface area contributed by atoms with Crippen LogP contribution in [0.25, 0.3) is 0 Å². The lowest BCUT2D eigenvalue weighted by Crippen LogP contribution is -2.41. The minimum atomic E-state index is -1.65. The highest BCUT2D eigenvalue weighted by Gasteiger charge is 2.24. The largest absolute Gasteiger partial charge is 0.379 e. The number of aryl methyl sites for hydroxylation is 2. The van der Waals surface area contributed by atoms with E-state index < -0.39 is 29.0 Å². The topological polar surface area (TPSA) is 66.5 Å². The quantitative estimate of drug-likeness (QED) is 0.671. The summed E-state index contributed by atoms with van der Waals surface area (Å²) >= 11 is 0. The number of carbonyl (C=O) groups is 1. The van der Waals surface area contributed by atoms with Crippen molar-refractivity contribution < 1.29 is 22.7 Å². The van der Waals surface area contributed by atoms with Crippen LogP contribution in [-0.4, -0.2) is 55.2 Å². The number of aromatic nitrogens is 1. The van der Waals surface area contributed by atoms with Crippen molar-refractivity contribution in [2.75, 3.05) is 44.7 Å². The molecule has 0 unspecified atom stereocenters. The first-order chi connectivity index (χ1) is 14.4. The predicted octanol–water partition coefficient (Wildman–Crippen LogP) is 3.18. The zero-order valence-electron chi connectivity index (χ0n) is 17.0. The van der Waals surface area contributed by atoms with Crippen LogP contribution in [0.4, 0.5) is 24.7 Å². The van der Waals surface area contributed by atoms with Gasteiger partial charge >= 0.3 is 0 Å². The molecular formula is C21H25F3N4O2. The van der Waals surface area contributed by atoms with Gasteiger partial charge in [-0.25, -0.2) is 18.2 Å². The molecule has 2 heterocycles. The molecule has 2 N–H and O–H groups in total. The third kappa shape index (κ3) is 5.09. The average Bonchev–Trinajstić information content (AvgIpc) is 2.75. The molecule has 2 aromatic rings. The number of nitrogens with one attached hydrogen (secondary N) is 2. The zero-order valence-corrected chi connectivity index (χ0v) is 17.0. The molecule has 3 rings (SSSR count). The van der Waals surface area contributed by atoms with Crippen molar-refractivity contribution in [2.24, 2.45) is 0 Å². The molecule has 1 aliphatic heterocycles. The number of rotatable bonds is 7. The van der Waals surface area contributed by atoms with E-state index in [0.717, 1.165) is 25.1 Å². The molecule has 1 aliphatic rings. The summed E-state index contributed by atoms with van der Waals surface area (Å²) in [4.78, 5) is 19.0. The van der Waals surface area contributed by atoms with Gasteiger partial charge in [0.1, 0.15) is 5.82 Å². The van der Waals surface area contributed by atoms with E-state index in [1.165, 1.54) is 0 Å². The van der Waals surface area contributed by atoms with Gasteiger partial charge in [-0.3, -0.25) is 9.69 Å². The number of hydrogen-bond donors (Lipinski definition) is 2. The second-order valence-electron chi connectivity index (χ2n) is 7.11. The fourth-order valence-corrected chi connectivity index (χ4v) is 3.22. The fourth-order valence-electron chi connectivity index (χ4n) is 3.22. The van der Waals surface area contributed by atoms with Crippen molar-refractivity contribution in [1.82, 2.24) is 15.2 Å². The minimum absolute atomic E-state index is 0.263. The van der Waals surface area contributed by atoms with Gasteiger partial charge in [-0.1, -0.05) is 13.0 Å². The van der Waals surface area contributed by atoms with E-state index in [9.17, 15) is 18.0 Å². The second kappa shape index (κ2) is 9.90. The normalized spacial score (nSPS) is 14.6. The first-order valence-corrected chi connectivity index (χ1v) is 9.89. The van der Waals surface area contributed by atoms with E-state index in [-0.39, 0.29) is 17.9 Å². The average molecular weight is 422 g/mol. The summed E-state index contributed by atoms with van der Waals surface area (Å²) < 4.78 is 47.6. The number of pyridine rings is 1. The van der Waals surface area contributed by atoms with Gasteiger partial charge in [0.15, 0.2) is 17.5 Å². The molecule has 9 heteroatoms. The van der Waals surface area contributed by atoms with Crippen molar-refractivity contribution in [2.45, 2.75) is 20.3 Å². The number of ether oxygens (including phenoxy) is 1. The Hall–Kier alpha value is -2.65. The molecule has 0 spiro atoms. The SMILES string of the molecule is CCc1cnc(Nc2c(C(=O)NCCN3CCOCC3)cc(F)c(F)c2F)c(C)c1. The number of benzene rings is 1. The van der Waals surface area contributed by atoms with Gasteiger partial charge in [0.05, 0.1) is 24.5 Å². The van der Waals surface area contributed by atoms with Crippen molar-refractivity contribution in [1.29, 1.82) is 0 Å². The van der Waals surface area contributed by atoms with Crippen LogP contribution in [0.3, 0.4) is 0 Å². The number of anilines is 2.